The highest BCUT2D eigenvalue weighted by atomic mass is 16.4. The first-order chi connectivity index (χ1) is 18.2. The molecule has 1 fully saturated rings. The zero-order valence-corrected chi connectivity index (χ0v) is 22.5. The molecule has 1 aliphatic carbocycles. The predicted octanol–water partition coefficient (Wildman–Crippen LogP) is 4.75. The van der Waals surface area contributed by atoms with Crippen LogP contribution in [0, 0.1) is 12.8 Å². The number of nitrogens with one attached hydrogen (secondary N) is 1. The minimum Gasteiger partial charge on any atom is -0.478 e. The van der Waals surface area contributed by atoms with Gasteiger partial charge in [-0.25, -0.2) is 4.79 Å². The van der Waals surface area contributed by atoms with Gasteiger partial charge in [0.1, 0.15) is 7.85 Å². The summed E-state index contributed by atoms with van der Waals surface area (Å²) in [5.74, 6) is -0.561. The van der Waals surface area contributed by atoms with Crippen molar-refractivity contribution in [3.63, 3.8) is 0 Å². The molecule has 0 bridgehead atoms. The molecule has 0 spiro atoms. The third-order valence-corrected chi connectivity index (χ3v) is 7.80. The number of carbonyl (C=O) groups excluding carboxylic acids is 1. The van der Waals surface area contributed by atoms with E-state index in [4.69, 9.17) is 7.85 Å². The number of hydrogen-bond acceptors (Lipinski definition) is 2. The zero-order chi connectivity index (χ0) is 27.4. The lowest BCUT2D eigenvalue weighted by Crippen LogP contribution is -2.34. The van der Waals surface area contributed by atoms with Crippen molar-refractivity contribution in [2.24, 2.45) is 5.92 Å². The van der Waals surface area contributed by atoms with Crippen LogP contribution in [0.15, 0.2) is 78.0 Å². The van der Waals surface area contributed by atoms with Crippen LogP contribution in [0.25, 0.3) is 11.6 Å². The van der Waals surface area contributed by atoms with Crippen LogP contribution < -0.4 is 21.2 Å². The molecule has 4 nitrogen and oxygen atoms in total. The molecule has 38 heavy (non-hydrogen) atoms. The SMILES string of the molecule is [B]c1ccc(C(=O)NC(=C(C)C2CCC2c2ccc(C(=O)O)c(C)c2)C(CC)=c2ccccc2=CC)cc1. The van der Waals surface area contributed by atoms with Crippen molar-refractivity contribution in [3.8, 4) is 0 Å². The maximum absolute atomic E-state index is 13.4. The van der Waals surface area contributed by atoms with Gasteiger partial charge >= 0.3 is 5.97 Å². The quantitative estimate of drug-likeness (QED) is 0.458. The van der Waals surface area contributed by atoms with Gasteiger partial charge in [-0.3, -0.25) is 4.79 Å². The molecule has 3 aromatic rings. The summed E-state index contributed by atoms with van der Waals surface area (Å²) in [5, 5.41) is 15.0. The highest BCUT2D eigenvalue weighted by molar-refractivity contribution is 6.32. The molecule has 1 amide bonds. The fourth-order valence-corrected chi connectivity index (χ4v) is 5.52. The Morgan fingerprint density at radius 2 is 1.76 bits per heavy atom. The second-order valence-corrected chi connectivity index (χ2v) is 10.0. The summed E-state index contributed by atoms with van der Waals surface area (Å²) in [6.07, 6.45) is 4.88. The summed E-state index contributed by atoms with van der Waals surface area (Å²) >= 11 is 0. The van der Waals surface area contributed by atoms with E-state index in [-0.39, 0.29) is 17.7 Å². The Balaban J connectivity index is 1.83. The standard InChI is InChI=1S/C33H34BNO3/c1-5-22-9-7-8-10-29(22)26(6-2)31(35-32(36)23-11-14-25(34)15-12-23)21(4)28-17-18-30(28)24-13-16-27(33(37)38)20(3)19-24/h5,7-16,19,28,30H,6,17-18H2,1-4H3,(H,35,36)(H,37,38). The second kappa shape index (κ2) is 11.7. The molecule has 2 radical (unpaired) electrons. The average molecular weight is 503 g/mol. The molecule has 1 aliphatic rings. The smallest absolute Gasteiger partial charge is 0.335 e. The predicted molar refractivity (Wildman–Crippen MR) is 155 cm³/mol. The summed E-state index contributed by atoms with van der Waals surface area (Å²) in [7, 11) is 5.85. The van der Waals surface area contributed by atoms with E-state index in [0.717, 1.165) is 57.7 Å². The first kappa shape index (κ1) is 27.2. The topological polar surface area (TPSA) is 66.4 Å². The van der Waals surface area contributed by atoms with Gasteiger partial charge in [0.05, 0.1) is 5.56 Å². The summed E-state index contributed by atoms with van der Waals surface area (Å²) in [6.45, 7) is 8.13. The van der Waals surface area contributed by atoms with E-state index in [2.05, 4.69) is 37.4 Å². The maximum Gasteiger partial charge on any atom is 0.335 e. The molecule has 5 heteroatoms. The fourth-order valence-electron chi connectivity index (χ4n) is 5.52. The van der Waals surface area contributed by atoms with Gasteiger partial charge in [0, 0.05) is 11.3 Å². The molecule has 1 saturated carbocycles. The maximum atomic E-state index is 13.4. The van der Waals surface area contributed by atoms with Crippen molar-refractivity contribution >= 4 is 36.8 Å². The Morgan fingerprint density at radius 3 is 2.34 bits per heavy atom. The van der Waals surface area contributed by atoms with Gasteiger partial charge in [-0.05, 0) is 90.6 Å². The van der Waals surface area contributed by atoms with E-state index >= 15 is 0 Å². The molecule has 3 aromatic carbocycles. The van der Waals surface area contributed by atoms with Crippen molar-refractivity contribution in [3.05, 3.63) is 111 Å². The van der Waals surface area contributed by atoms with Crippen LogP contribution in [-0.4, -0.2) is 24.8 Å². The zero-order valence-electron chi connectivity index (χ0n) is 22.5. The van der Waals surface area contributed by atoms with Crippen molar-refractivity contribution in [1.29, 1.82) is 0 Å². The van der Waals surface area contributed by atoms with Gasteiger partial charge in [0.25, 0.3) is 5.91 Å². The van der Waals surface area contributed by atoms with Crippen molar-refractivity contribution < 1.29 is 14.7 Å². The van der Waals surface area contributed by atoms with Crippen LogP contribution in [0.1, 0.15) is 77.8 Å². The lowest BCUT2D eigenvalue weighted by molar-refractivity contribution is 0.0695. The van der Waals surface area contributed by atoms with E-state index in [9.17, 15) is 14.7 Å². The lowest BCUT2D eigenvalue weighted by atomic mass is 9.66. The molecule has 192 valence electrons. The van der Waals surface area contributed by atoms with Crippen LogP contribution in [-0.2, 0) is 0 Å². The molecule has 0 aromatic heterocycles. The highest BCUT2D eigenvalue weighted by Crippen LogP contribution is 2.48. The number of hydrogen-bond donors (Lipinski definition) is 2. The number of aromatic carboxylic acids is 1. The Bertz CT molecular complexity index is 1520. The third-order valence-electron chi connectivity index (χ3n) is 7.80. The molecular weight excluding hydrogens is 469 g/mol. The number of carboxylic acids is 1. The molecule has 2 unspecified atom stereocenters. The Hall–Kier alpha value is -3.86. The Morgan fingerprint density at radius 1 is 1.05 bits per heavy atom. The van der Waals surface area contributed by atoms with Gasteiger partial charge in [-0.15, -0.1) is 0 Å². The van der Waals surface area contributed by atoms with E-state index in [1.807, 2.05) is 38.1 Å². The van der Waals surface area contributed by atoms with Gasteiger partial charge in [0.15, 0.2) is 0 Å². The first-order valence-corrected chi connectivity index (χ1v) is 13.2. The molecule has 2 atom stereocenters. The van der Waals surface area contributed by atoms with Crippen molar-refractivity contribution in [1.82, 2.24) is 5.32 Å². The second-order valence-electron chi connectivity index (χ2n) is 10.0. The van der Waals surface area contributed by atoms with Crippen LogP contribution in [0.3, 0.4) is 0 Å². The average Bonchev–Trinajstić information content (AvgIpc) is 2.88. The van der Waals surface area contributed by atoms with E-state index in [1.54, 1.807) is 30.3 Å². The lowest BCUT2D eigenvalue weighted by Gasteiger charge is -2.39. The molecule has 0 aliphatic heterocycles. The molecule has 2 N–H and O–H groups in total. The molecule has 0 heterocycles. The number of carboxylic acid groups (broad SMARTS) is 1. The van der Waals surface area contributed by atoms with Gasteiger partial charge in [-0.1, -0.05) is 79.1 Å². The number of aryl methyl sites for hydroxylation is 1. The third kappa shape index (κ3) is 5.52. The number of benzene rings is 3. The monoisotopic (exact) mass is 503 g/mol. The van der Waals surface area contributed by atoms with E-state index in [0.29, 0.717) is 16.6 Å². The summed E-state index contributed by atoms with van der Waals surface area (Å²) in [5.41, 5.74) is 6.54. The van der Waals surface area contributed by atoms with Crippen LogP contribution in [0.5, 0.6) is 0 Å². The normalized spacial score (nSPS) is 18.8. The minimum absolute atomic E-state index is 0.166. The summed E-state index contributed by atoms with van der Waals surface area (Å²) in [6, 6.07) is 20.9. The fraction of sp³-hybridized carbons (Fsp3) is 0.273. The Kier molecular flexibility index (Phi) is 8.36. The highest BCUT2D eigenvalue weighted by Gasteiger charge is 2.35. The first-order valence-electron chi connectivity index (χ1n) is 13.2. The van der Waals surface area contributed by atoms with E-state index < -0.39 is 5.97 Å². The van der Waals surface area contributed by atoms with Crippen LogP contribution in [0.4, 0.5) is 0 Å². The van der Waals surface area contributed by atoms with Crippen LogP contribution in [0.2, 0.25) is 0 Å². The van der Waals surface area contributed by atoms with Gasteiger partial charge < -0.3 is 10.4 Å². The van der Waals surface area contributed by atoms with E-state index in [1.165, 1.54) is 0 Å². The Labute approximate surface area is 226 Å². The number of carbonyl (C=O) groups is 2. The minimum atomic E-state index is -0.906. The molecule has 4 rings (SSSR count). The number of amides is 1. The van der Waals surface area contributed by atoms with Gasteiger partial charge in [0.2, 0.25) is 0 Å². The number of allylic oxidation sites excluding steroid dienone is 2. The largest absolute Gasteiger partial charge is 0.478 e. The van der Waals surface area contributed by atoms with Crippen molar-refractivity contribution in [2.75, 3.05) is 0 Å². The molecule has 0 saturated heterocycles. The van der Waals surface area contributed by atoms with Crippen LogP contribution >= 0.6 is 0 Å². The molecular formula is C33H34BNO3. The van der Waals surface area contributed by atoms with Gasteiger partial charge in [-0.2, -0.15) is 0 Å². The number of rotatable bonds is 7. The summed E-state index contributed by atoms with van der Waals surface area (Å²) < 4.78 is 0. The summed E-state index contributed by atoms with van der Waals surface area (Å²) in [4.78, 5) is 25.0. The van der Waals surface area contributed by atoms with Crippen molar-refractivity contribution in [2.45, 2.75) is 52.9 Å².